The van der Waals surface area contributed by atoms with Crippen LogP contribution in [0.15, 0.2) is 24.3 Å². The standard InChI is InChI=1S/C12H17FN2O/c1-9(2)15-12(16)8-14-7-10-4-3-5-11(13)6-10/h3-6,9,14H,7-8H2,1-2H3,(H,15,16). The Labute approximate surface area is 95.0 Å². The predicted molar refractivity (Wildman–Crippen MR) is 61.4 cm³/mol. The van der Waals surface area contributed by atoms with E-state index in [-0.39, 0.29) is 24.3 Å². The summed E-state index contributed by atoms with van der Waals surface area (Å²) in [5, 5.41) is 5.72. The van der Waals surface area contributed by atoms with Gasteiger partial charge in [-0.15, -0.1) is 0 Å². The summed E-state index contributed by atoms with van der Waals surface area (Å²) in [7, 11) is 0. The van der Waals surface area contributed by atoms with Crippen LogP contribution in [0.4, 0.5) is 4.39 Å². The first-order chi connectivity index (χ1) is 7.58. The molecule has 0 bridgehead atoms. The second-order valence-electron chi connectivity index (χ2n) is 3.96. The van der Waals surface area contributed by atoms with Gasteiger partial charge in [0.05, 0.1) is 6.54 Å². The highest BCUT2D eigenvalue weighted by atomic mass is 19.1. The lowest BCUT2D eigenvalue weighted by molar-refractivity contribution is -0.120. The van der Waals surface area contributed by atoms with Gasteiger partial charge in [0.25, 0.3) is 0 Å². The maximum absolute atomic E-state index is 12.8. The highest BCUT2D eigenvalue weighted by Gasteiger charge is 2.02. The highest BCUT2D eigenvalue weighted by molar-refractivity contribution is 5.78. The molecule has 16 heavy (non-hydrogen) atoms. The molecule has 0 aliphatic carbocycles. The number of benzene rings is 1. The molecule has 0 fully saturated rings. The Kier molecular flexibility index (Phi) is 4.92. The molecule has 2 N–H and O–H groups in total. The van der Waals surface area contributed by atoms with Gasteiger partial charge in [0.2, 0.25) is 5.91 Å². The summed E-state index contributed by atoms with van der Waals surface area (Å²) in [6, 6.07) is 6.46. The second kappa shape index (κ2) is 6.23. The SMILES string of the molecule is CC(C)NC(=O)CNCc1cccc(F)c1. The monoisotopic (exact) mass is 224 g/mol. The molecular weight excluding hydrogens is 207 g/mol. The number of rotatable bonds is 5. The molecule has 1 aromatic carbocycles. The van der Waals surface area contributed by atoms with Gasteiger partial charge in [-0.25, -0.2) is 4.39 Å². The minimum atomic E-state index is -0.258. The van der Waals surface area contributed by atoms with Crippen LogP contribution in [0.5, 0.6) is 0 Å². The van der Waals surface area contributed by atoms with Gasteiger partial charge in [-0.1, -0.05) is 12.1 Å². The molecule has 0 spiro atoms. The van der Waals surface area contributed by atoms with Crippen molar-refractivity contribution in [3.63, 3.8) is 0 Å². The van der Waals surface area contributed by atoms with Crippen molar-refractivity contribution in [3.8, 4) is 0 Å². The van der Waals surface area contributed by atoms with Crippen LogP contribution >= 0.6 is 0 Å². The van der Waals surface area contributed by atoms with Crippen LogP contribution in [0.3, 0.4) is 0 Å². The van der Waals surface area contributed by atoms with E-state index in [0.29, 0.717) is 6.54 Å². The minimum Gasteiger partial charge on any atom is -0.353 e. The molecule has 0 aliphatic rings. The van der Waals surface area contributed by atoms with E-state index < -0.39 is 0 Å². The number of hydrogen-bond acceptors (Lipinski definition) is 2. The summed E-state index contributed by atoms with van der Waals surface area (Å²) in [6.45, 7) is 4.55. The number of halogens is 1. The van der Waals surface area contributed by atoms with Gasteiger partial charge >= 0.3 is 0 Å². The second-order valence-corrected chi connectivity index (χ2v) is 3.96. The summed E-state index contributed by atoms with van der Waals surface area (Å²) in [6.07, 6.45) is 0. The summed E-state index contributed by atoms with van der Waals surface area (Å²) >= 11 is 0. The van der Waals surface area contributed by atoms with E-state index in [2.05, 4.69) is 10.6 Å². The normalized spacial score (nSPS) is 10.5. The van der Waals surface area contributed by atoms with Crippen LogP contribution in [0, 0.1) is 5.82 Å². The van der Waals surface area contributed by atoms with E-state index in [0.717, 1.165) is 5.56 Å². The molecule has 0 aliphatic heterocycles. The maximum Gasteiger partial charge on any atom is 0.234 e. The fourth-order valence-corrected chi connectivity index (χ4v) is 1.34. The van der Waals surface area contributed by atoms with E-state index in [9.17, 15) is 9.18 Å². The first kappa shape index (κ1) is 12.6. The molecule has 1 amide bonds. The predicted octanol–water partition coefficient (Wildman–Crippen LogP) is 1.44. The number of hydrogen-bond donors (Lipinski definition) is 2. The summed E-state index contributed by atoms with van der Waals surface area (Å²) in [5.74, 6) is -0.308. The number of nitrogens with one attached hydrogen (secondary N) is 2. The third kappa shape index (κ3) is 4.89. The van der Waals surface area contributed by atoms with Gasteiger partial charge in [0.1, 0.15) is 5.82 Å². The Morgan fingerprint density at radius 1 is 1.44 bits per heavy atom. The van der Waals surface area contributed by atoms with Crippen LogP contribution in [0.25, 0.3) is 0 Å². The van der Waals surface area contributed by atoms with Crippen molar-refractivity contribution >= 4 is 5.91 Å². The van der Waals surface area contributed by atoms with E-state index in [1.807, 2.05) is 19.9 Å². The molecule has 1 rings (SSSR count). The van der Waals surface area contributed by atoms with Crippen molar-refractivity contribution in [1.29, 1.82) is 0 Å². The van der Waals surface area contributed by atoms with E-state index >= 15 is 0 Å². The molecule has 0 saturated heterocycles. The zero-order chi connectivity index (χ0) is 12.0. The molecule has 0 radical (unpaired) electrons. The van der Waals surface area contributed by atoms with E-state index in [1.54, 1.807) is 6.07 Å². The van der Waals surface area contributed by atoms with Crippen LogP contribution in [-0.4, -0.2) is 18.5 Å². The van der Waals surface area contributed by atoms with Gasteiger partial charge in [0, 0.05) is 12.6 Å². The summed E-state index contributed by atoms with van der Waals surface area (Å²) in [4.78, 5) is 11.3. The third-order valence-electron chi connectivity index (χ3n) is 1.95. The average Bonchev–Trinajstić information content (AvgIpc) is 2.16. The van der Waals surface area contributed by atoms with Crippen molar-refractivity contribution in [2.75, 3.05) is 6.54 Å². The maximum atomic E-state index is 12.8. The quantitative estimate of drug-likeness (QED) is 0.794. The van der Waals surface area contributed by atoms with Crippen LogP contribution in [0.2, 0.25) is 0 Å². The Hall–Kier alpha value is -1.42. The molecule has 1 aromatic rings. The van der Waals surface area contributed by atoms with Crippen molar-refractivity contribution in [1.82, 2.24) is 10.6 Å². The van der Waals surface area contributed by atoms with Crippen molar-refractivity contribution in [2.45, 2.75) is 26.4 Å². The Morgan fingerprint density at radius 3 is 2.81 bits per heavy atom. The fourth-order valence-electron chi connectivity index (χ4n) is 1.34. The lowest BCUT2D eigenvalue weighted by Crippen LogP contribution is -2.37. The molecule has 88 valence electrons. The first-order valence-corrected chi connectivity index (χ1v) is 5.32. The minimum absolute atomic E-state index is 0.0496. The third-order valence-corrected chi connectivity index (χ3v) is 1.95. The van der Waals surface area contributed by atoms with Gasteiger partial charge in [-0.2, -0.15) is 0 Å². The zero-order valence-corrected chi connectivity index (χ0v) is 9.59. The number of carbonyl (C=O) groups is 1. The Balaban J connectivity index is 2.28. The van der Waals surface area contributed by atoms with E-state index in [1.165, 1.54) is 12.1 Å². The largest absolute Gasteiger partial charge is 0.353 e. The van der Waals surface area contributed by atoms with Gasteiger partial charge in [0.15, 0.2) is 0 Å². The zero-order valence-electron chi connectivity index (χ0n) is 9.59. The van der Waals surface area contributed by atoms with Crippen LogP contribution < -0.4 is 10.6 Å². The van der Waals surface area contributed by atoms with Crippen molar-refractivity contribution < 1.29 is 9.18 Å². The molecule has 0 atom stereocenters. The van der Waals surface area contributed by atoms with Crippen molar-refractivity contribution in [2.24, 2.45) is 0 Å². The Bertz CT molecular complexity index is 353. The molecule has 0 unspecified atom stereocenters. The summed E-state index contributed by atoms with van der Waals surface area (Å²) < 4.78 is 12.8. The average molecular weight is 224 g/mol. The summed E-state index contributed by atoms with van der Waals surface area (Å²) in [5.41, 5.74) is 0.831. The molecule has 4 heteroatoms. The molecule has 0 saturated carbocycles. The molecule has 0 heterocycles. The molecular formula is C12H17FN2O. The highest BCUT2D eigenvalue weighted by Crippen LogP contribution is 2.02. The number of amides is 1. The first-order valence-electron chi connectivity index (χ1n) is 5.32. The van der Waals surface area contributed by atoms with Gasteiger partial charge in [-0.3, -0.25) is 4.79 Å². The van der Waals surface area contributed by atoms with Crippen molar-refractivity contribution in [3.05, 3.63) is 35.6 Å². The fraction of sp³-hybridized carbons (Fsp3) is 0.417. The van der Waals surface area contributed by atoms with E-state index in [4.69, 9.17) is 0 Å². The lowest BCUT2D eigenvalue weighted by Gasteiger charge is -2.09. The van der Waals surface area contributed by atoms with Gasteiger partial charge < -0.3 is 10.6 Å². The topological polar surface area (TPSA) is 41.1 Å². The van der Waals surface area contributed by atoms with Crippen LogP contribution in [-0.2, 0) is 11.3 Å². The van der Waals surface area contributed by atoms with Gasteiger partial charge in [-0.05, 0) is 31.5 Å². The molecule has 0 aromatic heterocycles. The lowest BCUT2D eigenvalue weighted by atomic mass is 10.2. The van der Waals surface area contributed by atoms with Crippen LogP contribution in [0.1, 0.15) is 19.4 Å². The molecule has 3 nitrogen and oxygen atoms in total. The smallest absolute Gasteiger partial charge is 0.234 e. The number of carbonyl (C=O) groups excluding carboxylic acids is 1. The Morgan fingerprint density at radius 2 is 2.19 bits per heavy atom.